The molecule has 7 heteroatoms. The molecular weight excluding hydrogens is 364 g/mol. The van der Waals surface area contributed by atoms with Crippen molar-refractivity contribution in [3.63, 3.8) is 0 Å². The summed E-state index contributed by atoms with van der Waals surface area (Å²) >= 11 is 6.02. The van der Waals surface area contributed by atoms with E-state index in [4.69, 9.17) is 16.3 Å². The van der Waals surface area contributed by atoms with Gasteiger partial charge in [-0.3, -0.25) is 4.79 Å². The van der Waals surface area contributed by atoms with Crippen LogP contribution in [-0.4, -0.2) is 53.8 Å². The van der Waals surface area contributed by atoms with E-state index in [0.29, 0.717) is 23.9 Å². The Hall–Kier alpha value is -2.34. The van der Waals surface area contributed by atoms with Crippen molar-refractivity contribution in [3.8, 4) is 5.75 Å². The molecule has 1 aromatic heterocycles. The van der Waals surface area contributed by atoms with Gasteiger partial charge in [0.15, 0.2) is 12.4 Å². The van der Waals surface area contributed by atoms with E-state index in [0.717, 1.165) is 43.0 Å². The molecule has 0 atom stereocenters. The van der Waals surface area contributed by atoms with Crippen molar-refractivity contribution in [1.82, 2.24) is 15.1 Å². The number of hydrogen-bond acceptors (Lipinski definition) is 5. The van der Waals surface area contributed by atoms with Gasteiger partial charge in [0.1, 0.15) is 5.75 Å². The number of rotatable bonds is 4. The monoisotopic (exact) mass is 386 g/mol. The standard InChI is InChI=1S/C20H23ClN4O2/c1-14-11-16(5-6-17(14)21)27-13-20(26)25-9-7-24(8-10-25)19-12-15-3-2-4-18(15)22-23-19/h5-6,11-12H,2-4,7-10,13H2,1H3. The number of amides is 1. The summed E-state index contributed by atoms with van der Waals surface area (Å²) in [7, 11) is 0. The van der Waals surface area contributed by atoms with Crippen LogP contribution in [0.25, 0.3) is 0 Å². The van der Waals surface area contributed by atoms with Gasteiger partial charge in [-0.2, -0.15) is 5.10 Å². The third-order valence-electron chi connectivity index (χ3n) is 5.25. The number of nitrogens with zero attached hydrogens (tertiary/aromatic N) is 4. The lowest BCUT2D eigenvalue weighted by atomic mass is 10.2. The number of aryl methyl sites for hydroxylation is 3. The Bertz CT molecular complexity index is 850. The van der Waals surface area contributed by atoms with Gasteiger partial charge in [0.25, 0.3) is 5.91 Å². The maximum Gasteiger partial charge on any atom is 0.260 e. The van der Waals surface area contributed by atoms with Gasteiger partial charge in [0.2, 0.25) is 0 Å². The Labute approximate surface area is 164 Å². The average Bonchev–Trinajstić information content (AvgIpc) is 3.16. The number of anilines is 1. The molecule has 6 nitrogen and oxygen atoms in total. The van der Waals surface area contributed by atoms with Crippen LogP contribution in [0.5, 0.6) is 5.75 Å². The van der Waals surface area contributed by atoms with Gasteiger partial charge < -0.3 is 14.5 Å². The van der Waals surface area contributed by atoms with E-state index in [1.54, 1.807) is 12.1 Å². The van der Waals surface area contributed by atoms with E-state index in [1.165, 1.54) is 12.0 Å². The highest BCUT2D eigenvalue weighted by Gasteiger charge is 2.23. The molecule has 0 unspecified atom stereocenters. The minimum Gasteiger partial charge on any atom is -0.484 e. The van der Waals surface area contributed by atoms with Crippen LogP contribution in [0.4, 0.5) is 5.82 Å². The molecule has 4 rings (SSSR count). The van der Waals surface area contributed by atoms with Crippen LogP contribution < -0.4 is 9.64 Å². The largest absolute Gasteiger partial charge is 0.484 e. The first-order chi connectivity index (χ1) is 13.1. The minimum atomic E-state index is 0.00212. The molecule has 2 heterocycles. The van der Waals surface area contributed by atoms with Crippen molar-refractivity contribution in [2.45, 2.75) is 26.2 Å². The molecular formula is C20H23ClN4O2. The van der Waals surface area contributed by atoms with Gasteiger partial charge >= 0.3 is 0 Å². The number of fused-ring (bicyclic) bond motifs is 1. The van der Waals surface area contributed by atoms with Gasteiger partial charge in [-0.25, -0.2) is 0 Å². The molecule has 1 aliphatic heterocycles. The zero-order valence-electron chi connectivity index (χ0n) is 15.4. The number of halogens is 1. The summed E-state index contributed by atoms with van der Waals surface area (Å²) < 4.78 is 5.63. The van der Waals surface area contributed by atoms with E-state index in [2.05, 4.69) is 21.2 Å². The van der Waals surface area contributed by atoms with Crippen LogP contribution in [0.2, 0.25) is 5.02 Å². The predicted molar refractivity (Wildman–Crippen MR) is 105 cm³/mol. The van der Waals surface area contributed by atoms with Gasteiger partial charge in [-0.15, -0.1) is 5.10 Å². The molecule has 2 aromatic rings. The summed E-state index contributed by atoms with van der Waals surface area (Å²) in [4.78, 5) is 16.5. The molecule has 1 aliphatic carbocycles. The maximum absolute atomic E-state index is 12.4. The zero-order chi connectivity index (χ0) is 18.8. The number of hydrogen-bond donors (Lipinski definition) is 0. The highest BCUT2D eigenvalue weighted by atomic mass is 35.5. The molecule has 0 radical (unpaired) electrons. The highest BCUT2D eigenvalue weighted by Crippen LogP contribution is 2.24. The first-order valence-electron chi connectivity index (χ1n) is 9.37. The van der Waals surface area contributed by atoms with E-state index >= 15 is 0 Å². The first-order valence-corrected chi connectivity index (χ1v) is 9.75. The van der Waals surface area contributed by atoms with Crippen molar-refractivity contribution >= 4 is 23.3 Å². The fourth-order valence-electron chi connectivity index (χ4n) is 3.60. The normalized spacial score (nSPS) is 16.4. The van der Waals surface area contributed by atoms with Gasteiger partial charge in [-0.05, 0) is 61.6 Å². The Morgan fingerprint density at radius 3 is 2.74 bits per heavy atom. The van der Waals surface area contributed by atoms with Gasteiger partial charge in [0.05, 0.1) is 5.69 Å². The Morgan fingerprint density at radius 1 is 1.15 bits per heavy atom. The van der Waals surface area contributed by atoms with Gasteiger partial charge in [-0.1, -0.05) is 11.6 Å². The molecule has 1 amide bonds. The Morgan fingerprint density at radius 2 is 1.96 bits per heavy atom. The zero-order valence-corrected chi connectivity index (χ0v) is 16.2. The third-order valence-corrected chi connectivity index (χ3v) is 5.68. The molecule has 27 heavy (non-hydrogen) atoms. The van der Waals surface area contributed by atoms with Crippen molar-refractivity contribution in [2.75, 3.05) is 37.7 Å². The second-order valence-electron chi connectivity index (χ2n) is 7.10. The summed E-state index contributed by atoms with van der Waals surface area (Å²) in [6.45, 7) is 4.82. The van der Waals surface area contributed by atoms with Crippen LogP contribution in [0.3, 0.4) is 0 Å². The first kappa shape index (κ1) is 18.0. The summed E-state index contributed by atoms with van der Waals surface area (Å²) in [5.41, 5.74) is 3.40. The van der Waals surface area contributed by atoms with Crippen LogP contribution >= 0.6 is 11.6 Å². The lowest BCUT2D eigenvalue weighted by molar-refractivity contribution is -0.133. The fourth-order valence-corrected chi connectivity index (χ4v) is 3.72. The minimum absolute atomic E-state index is 0.00212. The van der Waals surface area contributed by atoms with Crippen LogP contribution in [0.15, 0.2) is 24.3 Å². The summed E-state index contributed by atoms with van der Waals surface area (Å²) in [5.74, 6) is 1.59. The lowest BCUT2D eigenvalue weighted by Gasteiger charge is -2.35. The van der Waals surface area contributed by atoms with Crippen molar-refractivity contribution in [2.24, 2.45) is 0 Å². The van der Waals surface area contributed by atoms with E-state index < -0.39 is 0 Å². The van der Waals surface area contributed by atoms with Crippen molar-refractivity contribution < 1.29 is 9.53 Å². The van der Waals surface area contributed by atoms with Crippen molar-refractivity contribution in [3.05, 3.63) is 46.1 Å². The number of benzene rings is 1. The SMILES string of the molecule is Cc1cc(OCC(=O)N2CCN(c3cc4c(nn3)CCC4)CC2)ccc1Cl. The Kier molecular flexibility index (Phi) is 5.16. The fraction of sp³-hybridized carbons (Fsp3) is 0.450. The van der Waals surface area contributed by atoms with Gasteiger partial charge in [0, 0.05) is 31.2 Å². The number of ether oxygens (including phenoxy) is 1. The lowest BCUT2D eigenvalue weighted by Crippen LogP contribution is -2.50. The molecule has 0 spiro atoms. The molecule has 0 N–H and O–H groups in total. The molecule has 1 saturated heterocycles. The molecule has 2 aliphatic rings. The molecule has 1 fully saturated rings. The number of piperazine rings is 1. The average molecular weight is 387 g/mol. The highest BCUT2D eigenvalue weighted by molar-refractivity contribution is 6.31. The second-order valence-corrected chi connectivity index (χ2v) is 7.50. The maximum atomic E-state index is 12.4. The quantitative estimate of drug-likeness (QED) is 0.808. The number of carbonyl (C=O) groups is 1. The smallest absolute Gasteiger partial charge is 0.260 e. The third kappa shape index (κ3) is 4.00. The van der Waals surface area contributed by atoms with Crippen LogP contribution in [0, 0.1) is 6.92 Å². The number of aromatic nitrogens is 2. The van der Waals surface area contributed by atoms with Crippen LogP contribution in [-0.2, 0) is 17.6 Å². The summed E-state index contributed by atoms with van der Waals surface area (Å²) in [6.07, 6.45) is 3.30. The predicted octanol–water partition coefficient (Wildman–Crippen LogP) is 2.65. The summed E-state index contributed by atoms with van der Waals surface area (Å²) in [6, 6.07) is 7.58. The van der Waals surface area contributed by atoms with E-state index in [-0.39, 0.29) is 12.5 Å². The van der Waals surface area contributed by atoms with E-state index in [1.807, 2.05) is 17.9 Å². The molecule has 0 bridgehead atoms. The Balaban J connectivity index is 1.29. The van der Waals surface area contributed by atoms with Crippen molar-refractivity contribution in [1.29, 1.82) is 0 Å². The second kappa shape index (κ2) is 7.72. The molecule has 1 aromatic carbocycles. The van der Waals surface area contributed by atoms with Crippen LogP contribution in [0.1, 0.15) is 23.2 Å². The topological polar surface area (TPSA) is 58.6 Å². The molecule has 0 saturated carbocycles. The number of carbonyl (C=O) groups excluding carboxylic acids is 1. The van der Waals surface area contributed by atoms with E-state index in [9.17, 15) is 4.79 Å². The molecule has 142 valence electrons. The summed E-state index contributed by atoms with van der Waals surface area (Å²) in [5, 5.41) is 9.43.